The lowest BCUT2D eigenvalue weighted by Gasteiger charge is -2.21. The molecule has 1 unspecified atom stereocenters. The Hall–Kier alpha value is -2.89. The van der Waals surface area contributed by atoms with Crippen LogP contribution in [0.15, 0.2) is 59.9 Å². The van der Waals surface area contributed by atoms with Crippen molar-refractivity contribution in [1.82, 2.24) is 15.2 Å². The van der Waals surface area contributed by atoms with Crippen LogP contribution >= 0.6 is 0 Å². The van der Waals surface area contributed by atoms with E-state index in [0.29, 0.717) is 11.6 Å². The van der Waals surface area contributed by atoms with E-state index >= 15 is 0 Å². The van der Waals surface area contributed by atoms with Crippen molar-refractivity contribution in [2.45, 2.75) is 12.8 Å². The number of carbonyl (C=O) groups excluding carboxylic acids is 1. The van der Waals surface area contributed by atoms with Crippen molar-refractivity contribution in [3.8, 4) is 0 Å². The standard InChI is InChI=1S/C20H25N5O/c1-21-20(23-14-19(26)24-18-8-5-10-22-13-18)25-11-9-17(15-25)12-16-6-3-2-4-7-16/h2-8,10,13,17H,9,11-12,14-15H2,1H3,(H,21,23)(H,24,26). The van der Waals surface area contributed by atoms with Gasteiger partial charge in [0, 0.05) is 26.3 Å². The van der Waals surface area contributed by atoms with Crippen molar-refractivity contribution >= 4 is 17.6 Å². The lowest BCUT2D eigenvalue weighted by Crippen LogP contribution is -2.43. The van der Waals surface area contributed by atoms with Crippen LogP contribution < -0.4 is 10.6 Å². The number of benzene rings is 1. The normalized spacial score (nSPS) is 17.2. The molecule has 0 radical (unpaired) electrons. The molecule has 6 heteroatoms. The van der Waals surface area contributed by atoms with Crippen LogP contribution in [0.25, 0.3) is 0 Å². The van der Waals surface area contributed by atoms with Gasteiger partial charge in [-0.2, -0.15) is 0 Å². The summed E-state index contributed by atoms with van der Waals surface area (Å²) in [4.78, 5) is 22.6. The van der Waals surface area contributed by atoms with Crippen LogP contribution in [0.1, 0.15) is 12.0 Å². The van der Waals surface area contributed by atoms with Crippen LogP contribution in [0.4, 0.5) is 5.69 Å². The Balaban J connectivity index is 1.46. The van der Waals surface area contributed by atoms with Crippen LogP contribution in [0.2, 0.25) is 0 Å². The first-order valence-corrected chi connectivity index (χ1v) is 8.94. The fourth-order valence-corrected chi connectivity index (χ4v) is 3.27. The Morgan fingerprint density at radius 1 is 1.27 bits per heavy atom. The van der Waals surface area contributed by atoms with E-state index in [0.717, 1.165) is 31.9 Å². The molecule has 1 aromatic carbocycles. The van der Waals surface area contributed by atoms with Gasteiger partial charge >= 0.3 is 0 Å². The highest BCUT2D eigenvalue weighted by atomic mass is 16.1. The monoisotopic (exact) mass is 351 g/mol. The predicted octanol–water partition coefficient (Wildman–Crippen LogP) is 2.16. The molecule has 6 nitrogen and oxygen atoms in total. The number of anilines is 1. The van der Waals surface area contributed by atoms with Gasteiger partial charge in [-0.25, -0.2) is 0 Å². The van der Waals surface area contributed by atoms with Gasteiger partial charge in [0.2, 0.25) is 5.91 Å². The van der Waals surface area contributed by atoms with Gasteiger partial charge < -0.3 is 15.5 Å². The lowest BCUT2D eigenvalue weighted by atomic mass is 9.99. The molecule has 2 aromatic rings. The minimum atomic E-state index is -0.112. The largest absolute Gasteiger partial charge is 0.347 e. The highest BCUT2D eigenvalue weighted by Gasteiger charge is 2.25. The molecule has 1 atom stereocenters. The van der Waals surface area contributed by atoms with Gasteiger partial charge in [-0.05, 0) is 36.5 Å². The van der Waals surface area contributed by atoms with E-state index in [-0.39, 0.29) is 12.5 Å². The fraction of sp³-hybridized carbons (Fsp3) is 0.350. The summed E-state index contributed by atoms with van der Waals surface area (Å²) in [6.45, 7) is 2.10. The molecule has 0 aliphatic carbocycles. The van der Waals surface area contributed by atoms with Crippen LogP contribution in [0.5, 0.6) is 0 Å². The lowest BCUT2D eigenvalue weighted by molar-refractivity contribution is -0.115. The molecule has 1 amide bonds. The minimum Gasteiger partial charge on any atom is -0.347 e. The van der Waals surface area contributed by atoms with Gasteiger partial charge in [-0.3, -0.25) is 14.8 Å². The summed E-state index contributed by atoms with van der Waals surface area (Å²) >= 11 is 0. The Morgan fingerprint density at radius 3 is 2.85 bits per heavy atom. The molecule has 0 saturated carbocycles. The number of amides is 1. The van der Waals surface area contributed by atoms with E-state index in [2.05, 4.69) is 49.8 Å². The second-order valence-corrected chi connectivity index (χ2v) is 6.48. The summed E-state index contributed by atoms with van der Waals surface area (Å²) in [6.07, 6.45) is 5.52. The molecule has 1 aliphatic rings. The Morgan fingerprint density at radius 2 is 2.12 bits per heavy atom. The SMILES string of the molecule is CN=C(NCC(=O)Nc1cccnc1)N1CCC(Cc2ccccc2)C1. The zero-order valence-corrected chi connectivity index (χ0v) is 15.1. The molecule has 0 spiro atoms. The van der Waals surface area contributed by atoms with E-state index in [1.165, 1.54) is 5.56 Å². The maximum atomic E-state index is 12.1. The van der Waals surface area contributed by atoms with Gasteiger partial charge in [-0.15, -0.1) is 0 Å². The quantitative estimate of drug-likeness (QED) is 0.640. The van der Waals surface area contributed by atoms with E-state index in [4.69, 9.17) is 0 Å². The third kappa shape index (κ3) is 5.05. The number of hydrogen-bond donors (Lipinski definition) is 2. The average molecular weight is 351 g/mol. The molecular weight excluding hydrogens is 326 g/mol. The van der Waals surface area contributed by atoms with Gasteiger partial charge in [-0.1, -0.05) is 30.3 Å². The summed E-state index contributed by atoms with van der Waals surface area (Å²) in [5, 5.41) is 5.98. The summed E-state index contributed by atoms with van der Waals surface area (Å²) in [6, 6.07) is 14.2. The Labute approximate surface area is 154 Å². The molecule has 1 fully saturated rings. The molecule has 26 heavy (non-hydrogen) atoms. The zero-order chi connectivity index (χ0) is 18.2. The smallest absolute Gasteiger partial charge is 0.243 e. The Kier molecular flexibility index (Phi) is 6.19. The van der Waals surface area contributed by atoms with Gasteiger partial charge in [0.15, 0.2) is 5.96 Å². The van der Waals surface area contributed by atoms with Gasteiger partial charge in [0.05, 0.1) is 18.4 Å². The van der Waals surface area contributed by atoms with Crippen molar-refractivity contribution in [3.05, 3.63) is 60.4 Å². The number of pyridine rings is 1. The average Bonchev–Trinajstić information content (AvgIpc) is 3.12. The number of hydrogen-bond acceptors (Lipinski definition) is 3. The fourth-order valence-electron chi connectivity index (χ4n) is 3.27. The van der Waals surface area contributed by atoms with Crippen LogP contribution in [0.3, 0.4) is 0 Å². The molecule has 1 aromatic heterocycles. The van der Waals surface area contributed by atoms with Crippen molar-refractivity contribution in [1.29, 1.82) is 0 Å². The first-order chi connectivity index (χ1) is 12.7. The van der Waals surface area contributed by atoms with Crippen LogP contribution in [-0.4, -0.2) is 48.4 Å². The number of nitrogens with zero attached hydrogens (tertiary/aromatic N) is 3. The van der Waals surface area contributed by atoms with E-state index in [1.807, 2.05) is 12.1 Å². The molecule has 1 saturated heterocycles. The molecule has 3 rings (SSSR count). The zero-order valence-electron chi connectivity index (χ0n) is 15.1. The number of carbonyl (C=O) groups is 1. The summed E-state index contributed by atoms with van der Waals surface area (Å²) in [5.41, 5.74) is 2.07. The number of aliphatic imine (C=N–C) groups is 1. The van der Waals surface area contributed by atoms with Crippen molar-refractivity contribution in [2.75, 3.05) is 32.0 Å². The Bertz CT molecular complexity index is 732. The van der Waals surface area contributed by atoms with Crippen LogP contribution in [-0.2, 0) is 11.2 Å². The van der Waals surface area contributed by atoms with E-state index < -0.39 is 0 Å². The number of aromatic nitrogens is 1. The maximum Gasteiger partial charge on any atom is 0.243 e. The minimum absolute atomic E-state index is 0.112. The molecular formula is C20H25N5O. The molecule has 2 N–H and O–H groups in total. The first kappa shape index (κ1) is 17.9. The summed E-state index contributed by atoms with van der Waals surface area (Å²) < 4.78 is 0. The molecule has 2 heterocycles. The number of nitrogens with one attached hydrogen (secondary N) is 2. The van der Waals surface area contributed by atoms with Crippen LogP contribution in [0, 0.1) is 5.92 Å². The summed E-state index contributed by atoms with van der Waals surface area (Å²) in [7, 11) is 1.76. The van der Waals surface area contributed by atoms with E-state index in [9.17, 15) is 4.79 Å². The summed E-state index contributed by atoms with van der Waals surface area (Å²) in [5.74, 6) is 1.28. The molecule has 0 bridgehead atoms. The molecule has 1 aliphatic heterocycles. The van der Waals surface area contributed by atoms with Crippen molar-refractivity contribution in [2.24, 2.45) is 10.9 Å². The predicted molar refractivity (Wildman–Crippen MR) is 104 cm³/mol. The second kappa shape index (κ2) is 8.99. The third-order valence-electron chi connectivity index (χ3n) is 4.52. The number of guanidine groups is 1. The third-order valence-corrected chi connectivity index (χ3v) is 4.52. The highest BCUT2D eigenvalue weighted by molar-refractivity contribution is 5.94. The topological polar surface area (TPSA) is 69.6 Å². The number of likely N-dealkylation sites (tertiary alicyclic amines) is 1. The first-order valence-electron chi connectivity index (χ1n) is 8.94. The second-order valence-electron chi connectivity index (χ2n) is 6.48. The highest BCUT2D eigenvalue weighted by Crippen LogP contribution is 2.20. The maximum absolute atomic E-state index is 12.1. The van der Waals surface area contributed by atoms with Crippen molar-refractivity contribution < 1.29 is 4.79 Å². The van der Waals surface area contributed by atoms with Gasteiger partial charge in [0.1, 0.15) is 0 Å². The molecule has 136 valence electrons. The van der Waals surface area contributed by atoms with E-state index in [1.54, 1.807) is 25.5 Å². The number of rotatable bonds is 5. The van der Waals surface area contributed by atoms with Gasteiger partial charge in [0.25, 0.3) is 0 Å². The van der Waals surface area contributed by atoms with Crippen molar-refractivity contribution in [3.63, 3.8) is 0 Å².